The second-order valence-electron chi connectivity index (χ2n) is 5.68. The van der Waals surface area contributed by atoms with Crippen molar-refractivity contribution in [2.75, 3.05) is 24.5 Å². The minimum absolute atomic E-state index is 0.200. The molecule has 2 aliphatic heterocycles. The molecule has 0 unspecified atom stereocenters. The van der Waals surface area contributed by atoms with E-state index >= 15 is 0 Å². The lowest BCUT2D eigenvalue weighted by molar-refractivity contribution is 0.0316. The molecule has 2 aliphatic rings. The summed E-state index contributed by atoms with van der Waals surface area (Å²) in [5, 5.41) is 3.31. The van der Waals surface area contributed by atoms with Gasteiger partial charge in [-0.1, -0.05) is 17.7 Å². The van der Waals surface area contributed by atoms with Gasteiger partial charge in [0.05, 0.1) is 12.2 Å². The van der Waals surface area contributed by atoms with Gasteiger partial charge in [-0.15, -0.1) is 0 Å². The van der Waals surface area contributed by atoms with Crippen LogP contribution in [0.5, 0.6) is 0 Å². The summed E-state index contributed by atoms with van der Waals surface area (Å²) in [7, 11) is 0. The first kappa shape index (κ1) is 12.5. The number of piperidine rings is 1. The molecular weight excluding hydrogens is 240 g/mol. The first-order chi connectivity index (χ1) is 9.10. The quantitative estimate of drug-likeness (QED) is 0.843. The molecule has 1 aromatic carbocycles. The number of anilines is 1. The number of nitrogens with one attached hydrogen (secondary N) is 1. The van der Waals surface area contributed by atoms with Crippen LogP contribution < -0.4 is 10.2 Å². The smallest absolute Gasteiger partial charge is 0.415 e. The van der Waals surface area contributed by atoms with E-state index in [1.807, 2.05) is 19.1 Å². The van der Waals surface area contributed by atoms with Crippen molar-refractivity contribution >= 4 is 11.8 Å². The highest BCUT2D eigenvalue weighted by molar-refractivity contribution is 5.91. The molecule has 4 nitrogen and oxygen atoms in total. The molecule has 0 aromatic heterocycles. The fraction of sp³-hybridized carbons (Fsp3) is 0.533. The van der Waals surface area contributed by atoms with Crippen molar-refractivity contribution < 1.29 is 9.53 Å². The number of amides is 1. The van der Waals surface area contributed by atoms with Gasteiger partial charge in [0.15, 0.2) is 0 Å². The Morgan fingerprint density at radius 1 is 1.26 bits per heavy atom. The van der Waals surface area contributed by atoms with E-state index in [1.165, 1.54) is 5.56 Å². The molecule has 0 saturated carbocycles. The van der Waals surface area contributed by atoms with Crippen molar-refractivity contribution in [2.45, 2.75) is 32.3 Å². The van der Waals surface area contributed by atoms with Crippen LogP contribution >= 0.6 is 0 Å². The number of carbonyl (C=O) groups excluding carboxylic acids is 1. The van der Waals surface area contributed by atoms with Gasteiger partial charge >= 0.3 is 6.09 Å². The van der Waals surface area contributed by atoms with Gasteiger partial charge in [-0.2, -0.15) is 0 Å². The van der Waals surface area contributed by atoms with Gasteiger partial charge in [0.1, 0.15) is 5.60 Å². The zero-order valence-corrected chi connectivity index (χ0v) is 11.5. The van der Waals surface area contributed by atoms with Gasteiger partial charge in [-0.3, -0.25) is 4.90 Å². The van der Waals surface area contributed by atoms with Crippen LogP contribution in [0, 0.1) is 13.8 Å². The maximum Gasteiger partial charge on any atom is 0.415 e. The fourth-order valence-corrected chi connectivity index (χ4v) is 3.06. The van der Waals surface area contributed by atoms with Crippen LogP contribution in [-0.2, 0) is 4.74 Å². The Hall–Kier alpha value is -1.55. The summed E-state index contributed by atoms with van der Waals surface area (Å²) in [6.45, 7) is 6.63. The van der Waals surface area contributed by atoms with E-state index in [9.17, 15) is 4.79 Å². The molecule has 2 heterocycles. The molecule has 2 fully saturated rings. The maximum atomic E-state index is 12.2. The van der Waals surface area contributed by atoms with Crippen molar-refractivity contribution in [1.82, 2.24) is 5.32 Å². The SMILES string of the molecule is Cc1ccc(N2CC3(CCNCC3)OC2=O)c(C)c1. The predicted octanol–water partition coefficient (Wildman–Crippen LogP) is 2.38. The Kier molecular flexibility index (Phi) is 2.97. The number of aryl methyl sites for hydroxylation is 2. The van der Waals surface area contributed by atoms with Crippen LogP contribution in [-0.4, -0.2) is 31.3 Å². The summed E-state index contributed by atoms with van der Waals surface area (Å²) in [6, 6.07) is 6.17. The van der Waals surface area contributed by atoms with Gasteiger partial charge in [0.25, 0.3) is 0 Å². The minimum Gasteiger partial charge on any atom is -0.441 e. The Bertz CT molecular complexity index is 507. The van der Waals surface area contributed by atoms with Crippen molar-refractivity contribution in [2.24, 2.45) is 0 Å². The van der Waals surface area contributed by atoms with E-state index in [-0.39, 0.29) is 11.7 Å². The van der Waals surface area contributed by atoms with Gasteiger partial charge in [-0.25, -0.2) is 4.79 Å². The lowest BCUT2D eigenvalue weighted by Gasteiger charge is -2.31. The lowest BCUT2D eigenvalue weighted by atomic mass is 9.92. The monoisotopic (exact) mass is 260 g/mol. The average molecular weight is 260 g/mol. The van der Waals surface area contributed by atoms with Crippen molar-refractivity contribution in [1.29, 1.82) is 0 Å². The van der Waals surface area contributed by atoms with E-state index in [2.05, 4.69) is 18.3 Å². The average Bonchev–Trinajstić information content (AvgIpc) is 2.67. The number of carbonyl (C=O) groups is 1. The van der Waals surface area contributed by atoms with Crippen molar-refractivity contribution in [3.63, 3.8) is 0 Å². The Labute approximate surface area is 113 Å². The van der Waals surface area contributed by atoms with Gasteiger partial charge < -0.3 is 10.1 Å². The van der Waals surface area contributed by atoms with Crippen molar-refractivity contribution in [3.05, 3.63) is 29.3 Å². The molecule has 1 spiro atoms. The summed E-state index contributed by atoms with van der Waals surface area (Å²) < 4.78 is 5.69. The third-order valence-corrected chi connectivity index (χ3v) is 4.13. The normalized spacial score (nSPS) is 21.8. The molecule has 0 radical (unpaired) electrons. The Balaban J connectivity index is 1.87. The van der Waals surface area contributed by atoms with Crippen LogP contribution in [0.4, 0.5) is 10.5 Å². The highest BCUT2D eigenvalue weighted by Crippen LogP contribution is 2.35. The summed E-state index contributed by atoms with van der Waals surface area (Å²) in [6.07, 6.45) is 1.61. The second kappa shape index (κ2) is 4.53. The highest BCUT2D eigenvalue weighted by atomic mass is 16.6. The van der Waals surface area contributed by atoms with E-state index < -0.39 is 0 Å². The highest BCUT2D eigenvalue weighted by Gasteiger charge is 2.46. The van der Waals surface area contributed by atoms with E-state index in [4.69, 9.17) is 4.74 Å². The molecule has 102 valence electrons. The second-order valence-corrected chi connectivity index (χ2v) is 5.68. The first-order valence-corrected chi connectivity index (χ1v) is 6.88. The number of nitrogens with zero attached hydrogens (tertiary/aromatic N) is 1. The van der Waals surface area contributed by atoms with Crippen LogP contribution in [0.25, 0.3) is 0 Å². The Morgan fingerprint density at radius 2 is 2.00 bits per heavy atom. The van der Waals surface area contributed by atoms with Crippen LogP contribution in [0.2, 0.25) is 0 Å². The number of ether oxygens (including phenoxy) is 1. The van der Waals surface area contributed by atoms with Crippen LogP contribution in [0.3, 0.4) is 0 Å². The fourth-order valence-electron chi connectivity index (χ4n) is 3.06. The molecule has 19 heavy (non-hydrogen) atoms. The van der Waals surface area contributed by atoms with Gasteiger partial charge in [-0.05, 0) is 38.6 Å². The maximum absolute atomic E-state index is 12.2. The zero-order valence-electron chi connectivity index (χ0n) is 11.5. The molecule has 1 amide bonds. The summed E-state index contributed by atoms with van der Waals surface area (Å²) in [5.74, 6) is 0. The molecule has 3 rings (SSSR count). The third kappa shape index (κ3) is 2.21. The molecule has 4 heteroatoms. The largest absolute Gasteiger partial charge is 0.441 e. The van der Waals surface area contributed by atoms with E-state index in [0.29, 0.717) is 6.54 Å². The molecule has 1 aromatic rings. The number of benzene rings is 1. The molecule has 0 atom stereocenters. The van der Waals surface area contributed by atoms with E-state index in [0.717, 1.165) is 37.2 Å². The summed E-state index contributed by atoms with van der Waals surface area (Å²) in [5.41, 5.74) is 3.04. The molecule has 1 N–H and O–H groups in total. The molecular formula is C15H20N2O2. The van der Waals surface area contributed by atoms with Gasteiger partial charge in [0, 0.05) is 12.8 Å². The van der Waals surface area contributed by atoms with E-state index in [1.54, 1.807) is 4.90 Å². The summed E-state index contributed by atoms with van der Waals surface area (Å²) in [4.78, 5) is 14.0. The van der Waals surface area contributed by atoms with Crippen LogP contribution in [0.1, 0.15) is 24.0 Å². The molecule has 2 saturated heterocycles. The minimum atomic E-state index is -0.278. The number of hydrogen-bond donors (Lipinski definition) is 1. The number of rotatable bonds is 1. The van der Waals surface area contributed by atoms with Crippen molar-refractivity contribution in [3.8, 4) is 0 Å². The standard InChI is InChI=1S/C15H20N2O2/c1-11-3-4-13(12(2)9-11)17-10-15(19-14(17)18)5-7-16-8-6-15/h3-4,9,16H,5-8,10H2,1-2H3. The Morgan fingerprint density at radius 3 is 2.68 bits per heavy atom. The zero-order chi connectivity index (χ0) is 13.5. The summed E-state index contributed by atoms with van der Waals surface area (Å²) >= 11 is 0. The van der Waals surface area contributed by atoms with Gasteiger partial charge in [0.2, 0.25) is 0 Å². The molecule has 0 aliphatic carbocycles. The third-order valence-electron chi connectivity index (χ3n) is 4.13. The predicted molar refractivity (Wildman–Crippen MR) is 74.6 cm³/mol. The van der Waals surface area contributed by atoms with Crippen LogP contribution in [0.15, 0.2) is 18.2 Å². The molecule has 0 bridgehead atoms. The topological polar surface area (TPSA) is 41.6 Å². The lowest BCUT2D eigenvalue weighted by Crippen LogP contribution is -2.44. The first-order valence-electron chi connectivity index (χ1n) is 6.88. The number of hydrogen-bond acceptors (Lipinski definition) is 3.